The molecule has 2 saturated carbocycles. The van der Waals surface area contributed by atoms with E-state index in [9.17, 15) is 0 Å². The largest absolute Gasteiger partial charge is 0.327 e. The van der Waals surface area contributed by atoms with Gasteiger partial charge < -0.3 is 5.73 Å². The van der Waals surface area contributed by atoms with Gasteiger partial charge in [0.2, 0.25) is 0 Å². The lowest BCUT2D eigenvalue weighted by atomic mass is 9.67. The number of fused-ring (bicyclic) bond motifs is 2. The number of piperidine rings is 1. The fourth-order valence-corrected chi connectivity index (χ4v) is 4.84. The summed E-state index contributed by atoms with van der Waals surface area (Å²) in [5, 5.41) is 0. The summed E-state index contributed by atoms with van der Waals surface area (Å²) in [7, 11) is 0. The molecule has 1 aliphatic heterocycles. The first kappa shape index (κ1) is 13.9. The average molecular weight is 264 g/mol. The summed E-state index contributed by atoms with van der Waals surface area (Å²) in [5.74, 6) is 2.64. The summed E-state index contributed by atoms with van der Waals surface area (Å²) < 4.78 is 0. The number of hydrogen-bond donors (Lipinski definition) is 1. The van der Waals surface area contributed by atoms with Gasteiger partial charge in [0.05, 0.1) is 0 Å². The van der Waals surface area contributed by atoms with Crippen LogP contribution in [0.3, 0.4) is 0 Å². The Labute approximate surface area is 119 Å². The van der Waals surface area contributed by atoms with Gasteiger partial charge in [-0.05, 0) is 61.7 Å². The predicted molar refractivity (Wildman–Crippen MR) is 81.0 cm³/mol. The minimum Gasteiger partial charge on any atom is -0.327 e. The van der Waals surface area contributed by atoms with Gasteiger partial charge in [-0.3, -0.25) is 4.90 Å². The van der Waals surface area contributed by atoms with Crippen LogP contribution in [0.4, 0.5) is 0 Å². The zero-order valence-electron chi connectivity index (χ0n) is 13.1. The van der Waals surface area contributed by atoms with E-state index in [1.807, 2.05) is 0 Å². The van der Waals surface area contributed by atoms with Gasteiger partial charge >= 0.3 is 0 Å². The van der Waals surface area contributed by atoms with Crippen molar-refractivity contribution in [2.45, 2.75) is 71.4 Å². The molecule has 2 heteroatoms. The van der Waals surface area contributed by atoms with Crippen molar-refractivity contribution in [1.82, 2.24) is 4.90 Å². The number of nitrogens with zero attached hydrogens (tertiary/aromatic N) is 1. The molecule has 0 amide bonds. The van der Waals surface area contributed by atoms with Crippen molar-refractivity contribution in [1.29, 1.82) is 0 Å². The number of rotatable bonds is 2. The molecule has 3 rings (SSSR count). The summed E-state index contributed by atoms with van der Waals surface area (Å²) in [6.45, 7) is 9.87. The van der Waals surface area contributed by atoms with E-state index in [1.54, 1.807) is 0 Å². The maximum absolute atomic E-state index is 6.43. The number of nitrogens with two attached hydrogens (primary N) is 1. The molecular formula is C17H32N2. The summed E-state index contributed by atoms with van der Waals surface area (Å²) in [6.07, 6.45) is 8.36. The third-order valence-electron chi connectivity index (χ3n) is 6.26. The third kappa shape index (κ3) is 2.85. The van der Waals surface area contributed by atoms with E-state index >= 15 is 0 Å². The van der Waals surface area contributed by atoms with Gasteiger partial charge in [0.15, 0.2) is 0 Å². The van der Waals surface area contributed by atoms with Gasteiger partial charge in [0.1, 0.15) is 0 Å². The Morgan fingerprint density at radius 2 is 1.84 bits per heavy atom. The molecule has 2 bridgehead atoms. The van der Waals surface area contributed by atoms with Gasteiger partial charge in [0, 0.05) is 25.2 Å². The Kier molecular flexibility index (Phi) is 3.68. The molecule has 0 radical (unpaired) electrons. The summed E-state index contributed by atoms with van der Waals surface area (Å²) in [4.78, 5) is 2.78. The molecule has 1 saturated heterocycles. The Morgan fingerprint density at radius 3 is 2.42 bits per heavy atom. The molecule has 1 heterocycles. The van der Waals surface area contributed by atoms with E-state index in [1.165, 1.54) is 51.6 Å². The van der Waals surface area contributed by atoms with Gasteiger partial charge in [-0.15, -0.1) is 0 Å². The Bertz CT molecular complexity index is 320. The van der Waals surface area contributed by atoms with Crippen LogP contribution in [-0.4, -0.2) is 30.1 Å². The van der Waals surface area contributed by atoms with Crippen LogP contribution in [0.25, 0.3) is 0 Å². The average Bonchev–Trinajstić information content (AvgIpc) is 2.92. The third-order valence-corrected chi connectivity index (χ3v) is 6.26. The van der Waals surface area contributed by atoms with E-state index < -0.39 is 0 Å². The van der Waals surface area contributed by atoms with Crippen LogP contribution in [0.1, 0.15) is 59.3 Å². The van der Waals surface area contributed by atoms with Gasteiger partial charge in [0.25, 0.3) is 0 Å². The molecule has 3 aliphatic rings. The zero-order chi connectivity index (χ0) is 13.6. The van der Waals surface area contributed by atoms with Crippen LogP contribution in [-0.2, 0) is 0 Å². The maximum atomic E-state index is 6.43. The lowest BCUT2D eigenvalue weighted by Gasteiger charge is -2.43. The molecule has 19 heavy (non-hydrogen) atoms. The van der Waals surface area contributed by atoms with E-state index in [0.29, 0.717) is 11.5 Å². The fourth-order valence-electron chi connectivity index (χ4n) is 4.84. The molecule has 2 nitrogen and oxygen atoms in total. The second kappa shape index (κ2) is 5.04. The summed E-state index contributed by atoms with van der Waals surface area (Å²) in [6, 6.07) is 1.37. The van der Waals surface area contributed by atoms with Gasteiger partial charge in [-0.1, -0.05) is 20.8 Å². The zero-order valence-corrected chi connectivity index (χ0v) is 13.1. The highest BCUT2D eigenvalue weighted by atomic mass is 15.2. The molecule has 0 aromatic heterocycles. The predicted octanol–water partition coefficient (Wildman–Crippen LogP) is 3.26. The second-order valence-electron chi connectivity index (χ2n) is 8.59. The second-order valence-corrected chi connectivity index (χ2v) is 8.59. The van der Waals surface area contributed by atoms with Crippen molar-refractivity contribution >= 4 is 0 Å². The Morgan fingerprint density at radius 1 is 1.05 bits per heavy atom. The maximum Gasteiger partial charge on any atom is 0.00987 e. The van der Waals surface area contributed by atoms with Crippen molar-refractivity contribution < 1.29 is 0 Å². The van der Waals surface area contributed by atoms with Crippen LogP contribution in [0.5, 0.6) is 0 Å². The highest BCUT2D eigenvalue weighted by molar-refractivity contribution is 4.95. The Balaban J connectivity index is 1.59. The molecule has 3 fully saturated rings. The quantitative estimate of drug-likeness (QED) is 0.829. The monoisotopic (exact) mass is 264 g/mol. The normalized spacial score (nSPS) is 43.9. The standard InChI is InChI=1S/C17H32N2/c1-17(2,3)14-5-7-16(18)13(9-14)11-19-10-12-4-6-15(19)8-12/h12-16H,4-11,18H2,1-3H3. The van der Waals surface area contributed by atoms with Gasteiger partial charge in [-0.2, -0.15) is 0 Å². The van der Waals surface area contributed by atoms with Crippen molar-refractivity contribution in [3.05, 3.63) is 0 Å². The first-order valence-electron chi connectivity index (χ1n) is 8.43. The fraction of sp³-hybridized carbons (Fsp3) is 1.00. The molecule has 0 spiro atoms. The van der Waals surface area contributed by atoms with Crippen molar-refractivity contribution in [3.8, 4) is 0 Å². The van der Waals surface area contributed by atoms with Crippen LogP contribution in [0.15, 0.2) is 0 Å². The highest BCUT2D eigenvalue weighted by Gasteiger charge is 2.41. The molecule has 0 aromatic carbocycles. The topological polar surface area (TPSA) is 29.3 Å². The van der Waals surface area contributed by atoms with E-state index in [-0.39, 0.29) is 0 Å². The minimum atomic E-state index is 0.456. The van der Waals surface area contributed by atoms with Crippen molar-refractivity contribution in [2.24, 2.45) is 28.9 Å². The molecule has 5 atom stereocenters. The van der Waals surface area contributed by atoms with Crippen LogP contribution < -0.4 is 5.73 Å². The summed E-state index contributed by atoms with van der Waals surface area (Å²) >= 11 is 0. The minimum absolute atomic E-state index is 0.456. The van der Waals surface area contributed by atoms with Crippen LogP contribution in [0.2, 0.25) is 0 Å². The number of likely N-dealkylation sites (tertiary alicyclic amines) is 1. The van der Waals surface area contributed by atoms with E-state index in [2.05, 4.69) is 25.7 Å². The van der Waals surface area contributed by atoms with Crippen LogP contribution in [0, 0.1) is 23.2 Å². The lowest BCUT2D eigenvalue weighted by Crippen LogP contribution is -2.46. The molecule has 0 aromatic rings. The number of hydrogen-bond acceptors (Lipinski definition) is 2. The highest BCUT2D eigenvalue weighted by Crippen LogP contribution is 2.42. The molecule has 110 valence electrons. The van der Waals surface area contributed by atoms with Crippen LogP contribution >= 0.6 is 0 Å². The molecule has 2 N–H and O–H groups in total. The molecule has 5 unspecified atom stereocenters. The first-order chi connectivity index (χ1) is 8.93. The first-order valence-corrected chi connectivity index (χ1v) is 8.43. The molecular weight excluding hydrogens is 232 g/mol. The van der Waals surface area contributed by atoms with Crippen molar-refractivity contribution in [2.75, 3.05) is 13.1 Å². The Hall–Kier alpha value is -0.0800. The smallest absolute Gasteiger partial charge is 0.00987 e. The summed E-state index contributed by atoms with van der Waals surface area (Å²) in [5.41, 5.74) is 6.89. The molecule has 2 aliphatic carbocycles. The SMILES string of the molecule is CC(C)(C)C1CCC(N)C(CN2CC3CCC2C3)C1. The van der Waals surface area contributed by atoms with Gasteiger partial charge in [-0.25, -0.2) is 0 Å². The van der Waals surface area contributed by atoms with E-state index in [0.717, 1.165) is 23.8 Å². The van der Waals surface area contributed by atoms with E-state index in [4.69, 9.17) is 5.73 Å². The van der Waals surface area contributed by atoms with Crippen molar-refractivity contribution in [3.63, 3.8) is 0 Å². The lowest BCUT2D eigenvalue weighted by molar-refractivity contribution is 0.0883.